The molecule has 76 valence electrons. The van der Waals surface area contributed by atoms with Crippen LogP contribution >= 0.6 is 27.5 Å². The van der Waals surface area contributed by atoms with Gasteiger partial charge in [-0.25, -0.2) is 0 Å². The fourth-order valence-corrected chi connectivity index (χ4v) is 2.58. The molecular weight excluding hydrogens is 265 g/mol. The van der Waals surface area contributed by atoms with Crippen LogP contribution in [0.5, 0.6) is 5.75 Å². The summed E-state index contributed by atoms with van der Waals surface area (Å²) < 4.78 is 6.12. The highest BCUT2D eigenvalue weighted by molar-refractivity contribution is 9.10. The molecule has 0 bridgehead atoms. The zero-order chi connectivity index (χ0) is 10.3. The van der Waals surface area contributed by atoms with Crippen LogP contribution in [0.4, 0.5) is 0 Å². The molecule has 1 aliphatic carbocycles. The van der Waals surface area contributed by atoms with Gasteiger partial charge in [0.1, 0.15) is 5.75 Å². The van der Waals surface area contributed by atoms with E-state index in [4.69, 9.17) is 22.1 Å². The van der Waals surface area contributed by atoms with Crippen molar-refractivity contribution in [2.24, 2.45) is 5.73 Å². The van der Waals surface area contributed by atoms with Gasteiger partial charge in [0, 0.05) is 10.0 Å². The molecule has 0 atom stereocenters. The van der Waals surface area contributed by atoms with Gasteiger partial charge in [-0.1, -0.05) is 27.5 Å². The first kappa shape index (κ1) is 10.3. The summed E-state index contributed by atoms with van der Waals surface area (Å²) in [7, 11) is 1.61. The number of hydrogen-bond acceptors (Lipinski definition) is 2. The first-order chi connectivity index (χ1) is 6.57. The summed E-state index contributed by atoms with van der Waals surface area (Å²) in [6.07, 6.45) is 2.05. The lowest BCUT2D eigenvalue weighted by molar-refractivity contribution is 0.413. The molecule has 2 N–H and O–H groups in total. The van der Waals surface area contributed by atoms with E-state index in [-0.39, 0.29) is 5.54 Å². The molecule has 2 nitrogen and oxygen atoms in total. The third-order valence-electron chi connectivity index (χ3n) is 2.57. The highest BCUT2D eigenvalue weighted by atomic mass is 79.9. The van der Waals surface area contributed by atoms with E-state index in [1.54, 1.807) is 7.11 Å². The van der Waals surface area contributed by atoms with Gasteiger partial charge in [-0.05, 0) is 30.5 Å². The van der Waals surface area contributed by atoms with Crippen LogP contribution in [0.25, 0.3) is 0 Å². The molecule has 1 aromatic carbocycles. The molecule has 1 aliphatic rings. The van der Waals surface area contributed by atoms with Gasteiger partial charge >= 0.3 is 0 Å². The van der Waals surface area contributed by atoms with Crippen LogP contribution in [0.1, 0.15) is 18.4 Å². The summed E-state index contributed by atoms with van der Waals surface area (Å²) in [5.74, 6) is 0.682. The Kier molecular flexibility index (Phi) is 2.50. The minimum atomic E-state index is -0.170. The van der Waals surface area contributed by atoms with Crippen molar-refractivity contribution in [3.8, 4) is 5.75 Å². The predicted molar refractivity (Wildman–Crippen MR) is 60.8 cm³/mol. The van der Waals surface area contributed by atoms with Gasteiger partial charge in [0.05, 0.1) is 12.1 Å². The van der Waals surface area contributed by atoms with E-state index in [1.807, 2.05) is 12.1 Å². The fraction of sp³-hybridized carbons (Fsp3) is 0.400. The maximum Gasteiger partial charge on any atom is 0.137 e. The highest BCUT2D eigenvalue weighted by Crippen LogP contribution is 2.47. The number of benzene rings is 1. The van der Waals surface area contributed by atoms with E-state index < -0.39 is 0 Å². The number of hydrogen-bond donors (Lipinski definition) is 1. The molecule has 1 saturated carbocycles. The highest BCUT2D eigenvalue weighted by Gasteiger charge is 2.41. The lowest BCUT2D eigenvalue weighted by Crippen LogP contribution is -2.19. The second-order valence-electron chi connectivity index (χ2n) is 3.62. The van der Waals surface area contributed by atoms with Crippen molar-refractivity contribution in [3.05, 3.63) is 27.2 Å². The minimum Gasteiger partial charge on any atom is -0.495 e. The fourth-order valence-electron chi connectivity index (χ4n) is 1.47. The second kappa shape index (κ2) is 3.40. The summed E-state index contributed by atoms with van der Waals surface area (Å²) in [5.41, 5.74) is 7.03. The van der Waals surface area contributed by atoms with E-state index in [0.29, 0.717) is 10.8 Å². The smallest absolute Gasteiger partial charge is 0.137 e. The molecule has 0 heterocycles. The van der Waals surface area contributed by atoms with Crippen molar-refractivity contribution in [2.45, 2.75) is 18.4 Å². The summed E-state index contributed by atoms with van der Waals surface area (Å²) in [4.78, 5) is 0. The molecular formula is C10H11BrClNO. The summed E-state index contributed by atoms with van der Waals surface area (Å²) in [6.45, 7) is 0. The Balaban J connectivity index is 2.50. The molecule has 1 fully saturated rings. The first-order valence-electron chi connectivity index (χ1n) is 4.39. The van der Waals surface area contributed by atoms with Gasteiger partial charge in [0.25, 0.3) is 0 Å². The van der Waals surface area contributed by atoms with Crippen molar-refractivity contribution in [1.29, 1.82) is 0 Å². The van der Waals surface area contributed by atoms with Crippen LogP contribution in [0.3, 0.4) is 0 Å². The molecule has 0 amide bonds. The van der Waals surface area contributed by atoms with E-state index in [2.05, 4.69) is 15.9 Å². The van der Waals surface area contributed by atoms with Gasteiger partial charge in [-0.2, -0.15) is 0 Å². The van der Waals surface area contributed by atoms with Crippen LogP contribution in [0.15, 0.2) is 16.6 Å². The Morgan fingerprint density at radius 2 is 2.14 bits per heavy atom. The molecule has 0 aliphatic heterocycles. The molecule has 0 spiro atoms. The average molecular weight is 277 g/mol. The van der Waals surface area contributed by atoms with Crippen LogP contribution < -0.4 is 10.5 Å². The lowest BCUT2D eigenvalue weighted by atomic mass is 10.1. The van der Waals surface area contributed by atoms with Crippen LogP contribution in [0.2, 0.25) is 5.02 Å². The van der Waals surface area contributed by atoms with Crippen molar-refractivity contribution in [1.82, 2.24) is 0 Å². The van der Waals surface area contributed by atoms with Crippen LogP contribution in [-0.2, 0) is 5.54 Å². The molecule has 4 heteroatoms. The average Bonchev–Trinajstić information content (AvgIpc) is 2.85. The largest absolute Gasteiger partial charge is 0.495 e. The molecule has 0 radical (unpaired) electrons. The minimum absolute atomic E-state index is 0.170. The summed E-state index contributed by atoms with van der Waals surface area (Å²) in [5, 5.41) is 0.604. The van der Waals surface area contributed by atoms with E-state index >= 15 is 0 Å². The summed E-state index contributed by atoms with van der Waals surface area (Å²) in [6, 6.07) is 3.75. The Bertz CT molecular complexity index is 377. The topological polar surface area (TPSA) is 35.2 Å². The maximum atomic E-state index is 6.11. The number of methoxy groups -OCH3 is 1. The Hall–Kier alpha value is -0.250. The molecule has 1 aromatic rings. The summed E-state index contributed by atoms with van der Waals surface area (Å²) >= 11 is 9.44. The van der Waals surface area contributed by atoms with Crippen molar-refractivity contribution < 1.29 is 4.74 Å². The zero-order valence-electron chi connectivity index (χ0n) is 7.81. The van der Waals surface area contributed by atoms with E-state index in [1.165, 1.54) is 0 Å². The number of halogens is 2. The van der Waals surface area contributed by atoms with Gasteiger partial charge in [0.2, 0.25) is 0 Å². The van der Waals surface area contributed by atoms with Crippen molar-refractivity contribution in [2.75, 3.05) is 7.11 Å². The standard InChI is InChI=1S/C10H11BrClNO/c1-14-9-4-6(10(13)2-3-10)7(11)5-8(9)12/h4-5H,2-3,13H2,1H3. The quantitative estimate of drug-likeness (QED) is 0.901. The van der Waals surface area contributed by atoms with Crippen LogP contribution in [-0.4, -0.2) is 7.11 Å². The molecule has 14 heavy (non-hydrogen) atoms. The Morgan fingerprint density at radius 1 is 1.50 bits per heavy atom. The lowest BCUT2D eigenvalue weighted by Gasteiger charge is -2.14. The van der Waals surface area contributed by atoms with Crippen molar-refractivity contribution >= 4 is 27.5 Å². The second-order valence-corrected chi connectivity index (χ2v) is 4.88. The number of nitrogens with two attached hydrogens (primary N) is 1. The van der Waals surface area contributed by atoms with E-state index in [9.17, 15) is 0 Å². The SMILES string of the molecule is COc1cc(C2(N)CC2)c(Br)cc1Cl. The van der Waals surface area contributed by atoms with Crippen molar-refractivity contribution in [3.63, 3.8) is 0 Å². The third kappa shape index (κ3) is 1.64. The van der Waals surface area contributed by atoms with Gasteiger partial charge < -0.3 is 10.5 Å². The molecule has 0 aromatic heterocycles. The maximum absolute atomic E-state index is 6.11. The third-order valence-corrected chi connectivity index (χ3v) is 3.52. The molecule has 2 rings (SSSR count). The zero-order valence-corrected chi connectivity index (χ0v) is 10.2. The molecule has 0 unspecified atom stereocenters. The normalized spacial score (nSPS) is 18.0. The van der Waals surface area contributed by atoms with Gasteiger partial charge in [0.15, 0.2) is 0 Å². The predicted octanol–water partition coefficient (Wildman–Crippen LogP) is 3.06. The molecule has 0 saturated heterocycles. The Labute approximate surface area is 96.5 Å². The first-order valence-corrected chi connectivity index (χ1v) is 5.56. The van der Waals surface area contributed by atoms with Gasteiger partial charge in [-0.15, -0.1) is 0 Å². The van der Waals surface area contributed by atoms with Crippen LogP contribution in [0, 0.1) is 0 Å². The monoisotopic (exact) mass is 275 g/mol. The Morgan fingerprint density at radius 3 is 2.64 bits per heavy atom. The number of rotatable bonds is 2. The van der Waals surface area contributed by atoms with E-state index in [0.717, 1.165) is 22.9 Å². The van der Waals surface area contributed by atoms with Gasteiger partial charge in [-0.3, -0.25) is 0 Å². The number of ether oxygens (including phenoxy) is 1.